The van der Waals surface area contributed by atoms with Crippen molar-refractivity contribution in [2.24, 2.45) is 18.4 Å². The topological polar surface area (TPSA) is 103 Å². The lowest BCUT2D eigenvalue weighted by molar-refractivity contribution is -0.138. The molecule has 2 aromatic heterocycles. The van der Waals surface area contributed by atoms with Crippen LogP contribution in [0.5, 0.6) is 0 Å². The van der Waals surface area contributed by atoms with Crippen molar-refractivity contribution in [1.29, 1.82) is 5.26 Å². The number of pyridine rings is 1. The SMILES string of the molecule is C[C@@H]1CCC[C@H]1Nc1cc(-c2cc(C#N)ccc2-c2nncn2C)cc(N2Cc3c(cc(CN4CCC5(CC5)C4)cc3C(F)(F)F)C2=O)n1. The van der Waals surface area contributed by atoms with Gasteiger partial charge in [0.1, 0.15) is 18.0 Å². The summed E-state index contributed by atoms with van der Waals surface area (Å²) in [5.41, 5.74) is 2.58. The number of hydrogen-bond acceptors (Lipinski definition) is 7. The molecule has 2 aliphatic heterocycles. The first-order valence-electron chi connectivity index (χ1n) is 16.9. The van der Waals surface area contributed by atoms with Crippen LogP contribution < -0.4 is 10.2 Å². The molecule has 4 heterocycles. The van der Waals surface area contributed by atoms with Gasteiger partial charge in [-0.2, -0.15) is 18.4 Å². The average Bonchev–Trinajstić information content (AvgIpc) is 3.39. The number of carbonyl (C=O) groups is 1. The molecule has 8 rings (SSSR count). The van der Waals surface area contributed by atoms with Crippen LogP contribution >= 0.6 is 0 Å². The molecule has 2 aliphatic carbocycles. The fourth-order valence-corrected chi connectivity index (χ4v) is 8.01. The number of nitrogens with one attached hydrogen (secondary N) is 1. The van der Waals surface area contributed by atoms with Crippen molar-refractivity contribution in [2.75, 3.05) is 23.3 Å². The van der Waals surface area contributed by atoms with E-state index in [1.54, 1.807) is 35.2 Å². The fraction of sp³-hybridized carbons (Fsp3) is 0.432. The van der Waals surface area contributed by atoms with Gasteiger partial charge >= 0.3 is 6.18 Å². The van der Waals surface area contributed by atoms with E-state index in [1.165, 1.54) is 23.8 Å². The number of halogens is 3. The van der Waals surface area contributed by atoms with E-state index in [0.29, 0.717) is 57.3 Å². The van der Waals surface area contributed by atoms with E-state index in [9.17, 15) is 23.2 Å². The number of nitrogens with zero attached hydrogens (tertiary/aromatic N) is 7. The van der Waals surface area contributed by atoms with Crippen LogP contribution in [0.3, 0.4) is 0 Å². The first kappa shape index (κ1) is 31.5. The number of nitriles is 1. The molecule has 1 saturated heterocycles. The number of aryl methyl sites for hydroxylation is 1. The van der Waals surface area contributed by atoms with Gasteiger partial charge in [0, 0.05) is 37.3 Å². The summed E-state index contributed by atoms with van der Waals surface area (Å²) in [5.74, 6) is 1.23. The van der Waals surface area contributed by atoms with E-state index < -0.39 is 17.6 Å². The molecule has 12 heteroatoms. The monoisotopic (exact) mass is 666 g/mol. The lowest BCUT2D eigenvalue weighted by Gasteiger charge is -2.22. The number of alkyl halides is 3. The van der Waals surface area contributed by atoms with Gasteiger partial charge in [-0.3, -0.25) is 14.6 Å². The van der Waals surface area contributed by atoms with E-state index in [-0.39, 0.29) is 29.5 Å². The standard InChI is InChI=1S/C37H37F3N8O/c1-22-4-3-5-31(22)43-32-15-25(27-12-23(17-41)6-7-26(27)34-45-42-21-46(34)2)16-33(44-32)48-19-29-28(35(48)49)13-24(14-30(29)37(38,39)40)18-47-11-10-36(20-47)8-9-36/h6-7,12-16,21-22,31H,3-5,8-11,18-20H2,1-2H3,(H,43,44)/t22-,31-/m1/s1. The Morgan fingerprint density at radius 3 is 2.57 bits per heavy atom. The Morgan fingerprint density at radius 2 is 1.90 bits per heavy atom. The van der Waals surface area contributed by atoms with E-state index in [1.807, 2.05) is 19.2 Å². The van der Waals surface area contributed by atoms with Gasteiger partial charge in [0.05, 0.1) is 23.7 Å². The van der Waals surface area contributed by atoms with E-state index in [0.717, 1.165) is 38.8 Å². The number of amides is 1. The maximum Gasteiger partial charge on any atom is 0.416 e. The third-order valence-electron chi connectivity index (χ3n) is 11.0. The number of likely N-dealkylation sites (tertiary alicyclic amines) is 1. The smallest absolute Gasteiger partial charge is 0.367 e. The first-order chi connectivity index (χ1) is 23.5. The van der Waals surface area contributed by atoms with Crippen LogP contribution in [0.2, 0.25) is 0 Å². The van der Waals surface area contributed by atoms with Crippen LogP contribution in [0.15, 0.2) is 48.8 Å². The Kier molecular flexibility index (Phi) is 7.52. The Hall–Kier alpha value is -4.76. The van der Waals surface area contributed by atoms with Crippen molar-refractivity contribution in [2.45, 2.75) is 70.8 Å². The molecule has 2 atom stereocenters. The lowest BCUT2D eigenvalue weighted by atomic mass is 9.97. The zero-order chi connectivity index (χ0) is 34.1. The summed E-state index contributed by atoms with van der Waals surface area (Å²) in [6.45, 7) is 4.06. The molecule has 252 valence electrons. The minimum absolute atomic E-state index is 0.0290. The number of hydrogen-bond donors (Lipinski definition) is 1. The molecule has 4 aromatic rings. The molecule has 1 spiro atoms. The van der Waals surface area contributed by atoms with Crippen molar-refractivity contribution < 1.29 is 18.0 Å². The first-order valence-corrected chi connectivity index (χ1v) is 16.9. The highest BCUT2D eigenvalue weighted by atomic mass is 19.4. The van der Waals surface area contributed by atoms with E-state index in [2.05, 4.69) is 33.4 Å². The third kappa shape index (κ3) is 5.84. The number of benzene rings is 2. The number of aromatic nitrogens is 4. The van der Waals surface area contributed by atoms with Gasteiger partial charge in [0.25, 0.3) is 5.91 Å². The summed E-state index contributed by atoms with van der Waals surface area (Å²) in [6.07, 6.45) is 3.51. The zero-order valence-electron chi connectivity index (χ0n) is 27.5. The number of carbonyl (C=O) groups excluding carboxylic acids is 1. The molecule has 2 saturated carbocycles. The second-order valence-corrected chi connectivity index (χ2v) is 14.4. The minimum atomic E-state index is -4.62. The lowest BCUT2D eigenvalue weighted by Crippen LogP contribution is -2.26. The van der Waals surface area contributed by atoms with Gasteiger partial charge in [-0.15, -0.1) is 10.2 Å². The van der Waals surface area contributed by atoms with Crippen molar-refractivity contribution in [3.63, 3.8) is 0 Å². The predicted molar refractivity (Wildman–Crippen MR) is 178 cm³/mol. The zero-order valence-corrected chi connectivity index (χ0v) is 27.5. The summed E-state index contributed by atoms with van der Waals surface area (Å²) in [5, 5.41) is 21.7. The van der Waals surface area contributed by atoms with Gasteiger partial charge in [-0.25, -0.2) is 4.98 Å². The molecule has 1 N–H and O–H groups in total. The number of rotatable bonds is 7. The van der Waals surface area contributed by atoms with Crippen molar-refractivity contribution in [3.05, 3.63) is 76.6 Å². The number of anilines is 2. The van der Waals surface area contributed by atoms with E-state index in [4.69, 9.17) is 4.98 Å². The summed E-state index contributed by atoms with van der Waals surface area (Å²) < 4.78 is 45.6. The molecule has 49 heavy (non-hydrogen) atoms. The summed E-state index contributed by atoms with van der Waals surface area (Å²) in [7, 11) is 1.82. The molecule has 1 amide bonds. The van der Waals surface area contributed by atoms with Gasteiger partial charge in [-0.05, 0) is 115 Å². The Bertz CT molecular complexity index is 2010. The minimum Gasteiger partial charge on any atom is -0.367 e. The van der Waals surface area contributed by atoms with Gasteiger partial charge in [0.2, 0.25) is 0 Å². The Morgan fingerprint density at radius 1 is 1.06 bits per heavy atom. The van der Waals surface area contributed by atoms with Crippen LogP contribution in [0.1, 0.15) is 78.1 Å². The van der Waals surface area contributed by atoms with Gasteiger partial charge < -0.3 is 9.88 Å². The molecule has 2 aromatic carbocycles. The molecular formula is C37H37F3N8O. The van der Waals surface area contributed by atoms with Crippen LogP contribution in [-0.4, -0.2) is 49.7 Å². The second kappa shape index (κ2) is 11.7. The fourth-order valence-electron chi connectivity index (χ4n) is 8.01. The molecule has 4 aliphatic rings. The quantitative estimate of drug-likeness (QED) is 0.223. The summed E-state index contributed by atoms with van der Waals surface area (Å²) in [4.78, 5) is 22.6. The summed E-state index contributed by atoms with van der Waals surface area (Å²) >= 11 is 0. The average molecular weight is 667 g/mol. The number of fused-ring (bicyclic) bond motifs is 1. The predicted octanol–water partition coefficient (Wildman–Crippen LogP) is 7.18. The molecule has 0 bridgehead atoms. The molecule has 9 nitrogen and oxygen atoms in total. The highest BCUT2D eigenvalue weighted by Crippen LogP contribution is 2.53. The largest absolute Gasteiger partial charge is 0.416 e. The Labute approximate surface area is 282 Å². The highest BCUT2D eigenvalue weighted by molar-refractivity contribution is 6.10. The van der Waals surface area contributed by atoms with Crippen LogP contribution in [-0.2, 0) is 26.3 Å². The molecule has 0 radical (unpaired) electrons. The Balaban J connectivity index is 1.21. The van der Waals surface area contributed by atoms with Crippen LogP contribution in [0.25, 0.3) is 22.5 Å². The third-order valence-corrected chi connectivity index (χ3v) is 11.0. The maximum absolute atomic E-state index is 14.6. The van der Waals surface area contributed by atoms with Crippen molar-refractivity contribution in [3.8, 4) is 28.6 Å². The van der Waals surface area contributed by atoms with E-state index >= 15 is 0 Å². The molecule has 3 fully saturated rings. The van der Waals surface area contributed by atoms with Gasteiger partial charge in [0.15, 0.2) is 5.82 Å². The second-order valence-electron chi connectivity index (χ2n) is 14.4. The van der Waals surface area contributed by atoms with Crippen molar-refractivity contribution in [1.82, 2.24) is 24.6 Å². The molecular weight excluding hydrogens is 629 g/mol. The normalized spacial score (nSPS) is 21.4. The molecule has 0 unspecified atom stereocenters. The maximum atomic E-state index is 14.6. The van der Waals surface area contributed by atoms with Crippen LogP contribution in [0, 0.1) is 22.7 Å². The van der Waals surface area contributed by atoms with Crippen LogP contribution in [0.4, 0.5) is 24.8 Å². The summed E-state index contributed by atoms with van der Waals surface area (Å²) in [6, 6.07) is 14.1. The van der Waals surface area contributed by atoms with Crippen molar-refractivity contribution >= 4 is 17.5 Å². The van der Waals surface area contributed by atoms with Gasteiger partial charge in [-0.1, -0.05) is 13.3 Å². The highest BCUT2D eigenvalue weighted by Gasteiger charge is 2.48.